The Balaban J connectivity index is 1.82. The van der Waals surface area contributed by atoms with E-state index in [1.165, 1.54) is 25.7 Å². The molecule has 2 aliphatic rings. The molecule has 88 valence electrons. The summed E-state index contributed by atoms with van der Waals surface area (Å²) in [5, 5.41) is 13.9. The van der Waals surface area contributed by atoms with E-state index in [0.717, 1.165) is 39.0 Å². The quantitative estimate of drug-likeness (QED) is 0.729. The van der Waals surface area contributed by atoms with Crippen LogP contribution in [0.25, 0.3) is 0 Å². The molecule has 0 spiro atoms. The Labute approximate surface area is 92.2 Å². The van der Waals surface area contributed by atoms with Crippen molar-refractivity contribution in [1.29, 1.82) is 0 Å². The molecular weight excluding hydrogens is 190 g/mol. The number of hydrogen-bond donors (Lipinski definition) is 2. The van der Waals surface area contributed by atoms with Gasteiger partial charge in [0.05, 0.1) is 5.60 Å². The maximum Gasteiger partial charge on any atom is 0.0706 e. The monoisotopic (exact) mass is 213 g/mol. The average molecular weight is 213 g/mol. The Morgan fingerprint density at radius 3 is 2.80 bits per heavy atom. The summed E-state index contributed by atoms with van der Waals surface area (Å²) in [6.07, 6.45) is 7.70. The second-order valence-electron chi connectivity index (χ2n) is 5.04. The first-order valence-corrected chi connectivity index (χ1v) is 6.32. The first-order chi connectivity index (χ1) is 7.29. The largest absolute Gasteiger partial charge is 0.390 e. The molecule has 3 nitrogen and oxygen atoms in total. The Morgan fingerprint density at radius 1 is 1.20 bits per heavy atom. The zero-order chi connectivity index (χ0) is 10.6. The molecule has 2 aliphatic heterocycles. The van der Waals surface area contributed by atoms with E-state index < -0.39 is 5.60 Å². The van der Waals surface area contributed by atoms with Crippen molar-refractivity contribution in [1.82, 2.24) is 5.32 Å². The van der Waals surface area contributed by atoms with Crippen molar-refractivity contribution in [3.05, 3.63) is 0 Å². The zero-order valence-electron chi connectivity index (χ0n) is 9.50. The molecular formula is C12H23NO2. The topological polar surface area (TPSA) is 41.5 Å². The number of rotatable bonds is 2. The smallest absolute Gasteiger partial charge is 0.0706 e. The molecule has 0 amide bonds. The van der Waals surface area contributed by atoms with Crippen molar-refractivity contribution in [2.45, 2.75) is 56.6 Å². The first kappa shape index (κ1) is 11.4. The Bertz CT molecular complexity index is 182. The molecule has 1 atom stereocenters. The predicted molar refractivity (Wildman–Crippen MR) is 59.9 cm³/mol. The molecule has 2 N–H and O–H groups in total. The van der Waals surface area contributed by atoms with Crippen LogP contribution in [0.4, 0.5) is 0 Å². The summed E-state index contributed by atoms with van der Waals surface area (Å²) < 4.78 is 5.30. The molecule has 0 bridgehead atoms. The van der Waals surface area contributed by atoms with Crippen LogP contribution in [0.5, 0.6) is 0 Å². The second-order valence-corrected chi connectivity index (χ2v) is 5.04. The zero-order valence-corrected chi connectivity index (χ0v) is 9.50. The van der Waals surface area contributed by atoms with Gasteiger partial charge >= 0.3 is 0 Å². The normalized spacial score (nSPS) is 32.2. The van der Waals surface area contributed by atoms with Crippen LogP contribution in [-0.2, 0) is 4.74 Å². The van der Waals surface area contributed by atoms with Gasteiger partial charge in [0.25, 0.3) is 0 Å². The van der Waals surface area contributed by atoms with E-state index in [0.29, 0.717) is 6.04 Å². The van der Waals surface area contributed by atoms with Gasteiger partial charge in [0, 0.05) is 19.3 Å². The lowest BCUT2D eigenvalue weighted by Crippen LogP contribution is -2.43. The van der Waals surface area contributed by atoms with Crippen LogP contribution >= 0.6 is 0 Å². The summed E-state index contributed by atoms with van der Waals surface area (Å²) in [5.74, 6) is 0. The van der Waals surface area contributed by atoms with Crippen LogP contribution in [0.2, 0.25) is 0 Å². The van der Waals surface area contributed by atoms with Gasteiger partial charge in [-0.3, -0.25) is 0 Å². The molecule has 0 saturated carbocycles. The van der Waals surface area contributed by atoms with Gasteiger partial charge in [-0.05, 0) is 38.6 Å². The standard InChI is InChI=1S/C12H23NO2/c14-12(5-8-15-9-6-12)10-11-4-2-1-3-7-13-11/h11,13-14H,1-10H2/t11-/m0/s1. The van der Waals surface area contributed by atoms with E-state index in [2.05, 4.69) is 5.32 Å². The highest BCUT2D eigenvalue weighted by Crippen LogP contribution is 2.27. The fraction of sp³-hybridized carbons (Fsp3) is 1.00. The molecule has 0 aromatic carbocycles. The maximum atomic E-state index is 10.4. The van der Waals surface area contributed by atoms with Gasteiger partial charge in [-0.25, -0.2) is 0 Å². The fourth-order valence-electron chi connectivity index (χ4n) is 2.69. The summed E-state index contributed by atoms with van der Waals surface area (Å²) in [5.41, 5.74) is -0.458. The van der Waals surface area contributed by atoms with Gasteiger partial charge in [0.2, 0.25) is 0 Å². The highest BCUT2D eigenvalue weighted by molar-refractivity contribution is 4.87. The Morgan fingerprint density at radius 2 is 2.00 bits per heavy atom. The lowest BCUT2D eigenvalue weighted by atomic mass is 9.86. The Kier molecular flexibility index (Phi) is 4.00. The predicted octanol–water partition coefficient (Wildman–Crippen LogP) is 1.45. The lowest BCUT2D eigenvalue weighted by molar-refractivity contribution is -0.0729. The number of ether oxygens (including phenoxy) is 1. The van der Waals surface area contributed by atoms with E-state index in [4.69, 9.17) is 4.74 Å². The lowest BCUT2D eigenvalue weighted by Gasteiger charge is -2.35. The van der Waals surface area contributed by atoms with Crippen LogP contribution in [-0.4, -0.2) is 36.5 Å². The summed E-state index contributed by atoms with van der Waals surface area (Å²) in [4.78, 5) is 0. The number of nitrogens with one attached hydrogen (secondary N) is 1. The molecule has 3 heteroatoms. The summed E-state index contributed by atoms with van der Waals surface area (Å²) in [6.45, 7) is 2.57. The SMILES string of the molecule is OC1(C[C@@H]2CCCCCN2)CCOCC1. The highest BCUT2D eigenvalue weighted by atomic mass is 16.5. The van der Waals surface area contributed by atoms with Gasteiger partial charge in [-0.1, -0.05) is 12.8 Å². The van der Waals surface area contributed by atoms with Crippen LogP contribution < -0.4 is 5.32 Å². The molecule has 15 heavy (non-hydrogen) atoms. The third kappa shape index (κ3) is 3.44. The van der Waals surface area contributed by atoms with Crippen molar-refractivity contribution in [3.63, 3.8) is 0 Å². The fourth-order valence-corrected chi connectivity index (χ4v) is 2.69. The van der Waals surface area contributed by atoms with Gasteiger partial charge < -0.3 is 15.2 Å². The number of hydrogen-bond acceptors (Lipinski definition) is 3. The maximum absolute atomic E-state index is 10.4. The van der Waals surface area contributed by atoms with E-state index >= 15 is 0 Å². The molecule has 0 unspecified atom stereocenters. The van der Waals surface area contributed by atoms with E-state index in [1.54, 1.807) is 0 Å². The Hall–Kier alpha value is -0.120. The molecule has 0 aromatic heterocycles. The highest BCUT2D eigenvalue weighted by Gasteiger charge is 2.32. The van der Waals surface area contributed by atoms with Crippen LogP contribution in [0.1, 0.15) is 44.9 Å². The van der Waals surface area contributed by atoms with Gasteiger partial charge in [-0.2, -0.15) is 0 Å². The molecule has 0 radical (unpaired) electrons. The average Bonchev–Trinajstić information content (AvgIpc) is 2.47. The first-order valence-electron chi connectivity index (χ1n) is 6.32. The van der Waals surface area contributed by atoms with E-state index in [9.17, 15) is 5.11 Å². The molecule has 2 fully saturated rings. The molecule has 2 rings (SSSR count). The van der Waals surface area contributed by atoms with E-state index in [1.807, 2.05) is 0 Å². The third-order valence-corrected chi connectivity index (χ3v) is 3.71. The van der Waals surface area contributed by atoms with Crippen LogP contribution in [0.15, 0.2) is 0 Å². The van der Waals surface area contributed by atoms with Crippen LogP contribution in [0.3, 0.4) is 0 Å². The van der Waals surface area contributed by atoms with Gasteiger partial charge in [0.1, 0.15) is 0 Å². The minimum absolute atomic E-state index is 0.458. The summed E-state index contributed by atoms with van der Waals surface area (Å²) >= 11 is 0. The van der Waals surface area contributed by atoms with Gasteiger partial charge in [0.15, 0.2) is 0 Å². The molecule has 0 aromatic rings. The van der Waals surface area contributed by atoms with Crippen molar-refractivity contribution in [2.75, 3.05) is 19.8 Å². The molecule has 2 heterocycles. The van der Waals surface area contributed by atoms with Crippen molar-refractivity contribution >= 4 is 0 Å². The van der Waals surface area contributed by atoms with Crippen molar-refractivity contribution < 1.29 is 9.84 Å². The minimum atomic E-state index is -0.458. The summed E-state index contributed by atoms with van der Waals surface area (Å²) in [6, 6.07) is 0.524. The molecule has 0 aliphatic carbocycles. The minimum Gasteiger partial charge on any atom is -0.390 e. The van der Waals surface area contributed by atoms with Crippen molar-refractivity contribution in [2.24, 2.45) is 0 Å². The van der Waals surface area contributed by atoms with E-state index in [-0.39, 0.29) is 0 Å². The summed E-state index contributed by atoms with van der Waals surface area (Å²) in [7, 11) is 0. The molecule has 2 saturated heterocycles. The second kappa shape index (κ2) is 5.28. The van der Waals surface area contributed by atoms with Crippen LogP contribution in [0, 0.1) is 0 Å². The van der Waals surface area contributed by atoms with Gasteiger partial charge in [-0.15, -0.1) is 0 Å². The number of aliphatic hydroxyl groups is 1. The third-order valence-electron chi connectivity index (χ3n) is 3.71. The van der Waals surface area contributed by atoms with Crippen molar-refractivity contribution in [3.8, 4) is 0 Å².